The van der Waals surface area contributed by atoms with Gasteiger partial charge in [-0.1, -0.05) is 0 Å². The average molecular weight is 366 g/mol. The zero-order valence-corrected chi connectivity index (χ0v) is 15.3. The molecule has 0 saturated carbocycles. The van der Waals surface area contributed by atoms with E-state index in [1.807, 2.05) is 12.1 Å². The molecule has 7 nitrogen and oxygen atoms in total. The number of hydrogen-bond donors (Lipinski definition) is 1. The van der Waals surface area contributed by atoms with Gasteiger partial charge in [0, 0.05) is 48.1 Å². The summed E-state index contributed by atoms with van der Waals surface area (Å²) in [5.74, 6) is 0.316. The lowest BCUT2D eigenvalue weighted by molar-refractivity contribution is 0.0110. The van der Waals surface area contributed by atoms with Crippen LogP contribution in [0.2, 0.25) is 0 Å². The van der Waals surface area contributed by atoms with Gasteiger partial charge in [-0.3, -0.25) is 0 Å². The van der Waals surface area contributed by atoms with Gasteiger partial charge < -0.3 is 10.0 Å². The van der Waals surface area contributed by atoms with Crippen molar-refractivity contribution in [2.24, 2.45) is 13.0 Å². The summed E-state index contributed by atoms with van der Waals surface area (Å²) in [5, 5.41) is 20.2. The third kappa shape index (κ3) is 2.57. The van der Waals surface area contributed by atoms with Gasteiger partial charge in [-0.05, 0) is 31.3 Å². The molecule has 0 spiro atoms. The summed E-state index contributed by atoms with van der Waals surface area (Å²) in [7, 11) is 3.86. The van der Waals surface area contributed by atoms with E-state index >= 15 is 0 Å². The molecule has 1 saturated heterocycles. The summed E-state index contributed by atoms with van der Waals surface area (Å²) in [6.45, 7) is 1.88. The van der Waals surface area contributed by atoms with E-state index in [0.29, 0.717) is 11.6 Å². The molecule has 1 aliphatic rings. The second-order valence-corrected chi connectivity index (χ2v) is 7.98. The third-order valence-corrected chi connectivity index (χ3v) is 5.98. The Labute approximate surface area is 153 Å². The Kier molecular flexibility index (Phi) is 3.53. The summed E-state index contributed by atoms with van der Waals surface area (Å²) < 4.78 is 0. The number of aryl methyl sites for hydroxylation is 1. The van der Waals surface area contributed by atoms with Crippen molar-refractivity contribution in [1.82, 2.24) is 29.9 Å². The summed E-state index contributed by atoms with van der Waals surface area (Å²) in [4.78, 5) is 14.8. The molecule has 8 heteroatoms. The van der Waals surface area contributed by atoms with Crippen LogP contribution in [0.25, 0.3) is 32.6 Å². The molecule has 5 rings (SSSR count). The Hall–Kier alpha value is -2.42. The minimum absolute atomic E-state index is 0.316. The molecule has 0 aromatic carbocycles. The number of aliphatic hydroxyl groups excluding tert-OH is 1. The standard InChI is InChI=1S/C18H18N6OS/c1-23-8-12(9-23)16(25)15-6-10-3-4-13(20-18(10)26-15)11-5-14-17(19-7-11)22-24(2)21-14/h3-7,12,16,25H,8-9H2,1-2H3. The average Bonchev–Trinajstić information content (AvgIpc) is 3.19. The first-order chi connectivity index (χ1) is 12.6. The highest BCUT2D eigenvalue weighted by Gasteiger charge is 2.31. The number of pyridine rings is 2. The summed E-state index contributed by atoms with van der Waals surface area (Å²) in [5.41, 5.74) is 3.15. The van der Waals surface area contributed by atoms with E-state index in [9.17, 15) is 5.11 Å². The van der Waals surface area contributed by atoms with Crippen LogP contribution >= 0.6 is 11.3 Å². The number of fused-ring (bicyclic) bond motifs is 2. The van der Waals surface area contributed by atoms with Crippen LogP contribution in [0.4, 0.5) is 0 Å². The lowest BCUT2D eigenvalue weighted by atomic mass is 9.93. The van der Waals surface area contributed by atoms with Gasteiger partial charge >= 0.3 is 0 Å². The van der Waals surface area contributed by atoms with Gasteiger partial charge in [0.25, 0.3) is 0 Å². The molecule has 0 amide bonds. The topological polar surface area (TPSA) is 80.0 Å². The SMILES string of the molecule is CN1CC(C(O)c2cc3ccc(-c4cnc5nn(C)nc5c4)nc3s2)C1. The maximum atomic E-state index is 10.6. The number of likely N-dealkylation sites (tertiary alicyclic amines) is 1. The first-order valence-corrected chi connectivity index (χ1v) is 9.33. The predicted molar refractivity (Wildman–Crippen MR) is 101 cm³/mol. The Balaban J connectivity index is 1.50. The Morgan fingerprint density at radius 2 is 2.04 bits per heavy atom. The van der Waals surface area contributed by atoms with Crippen LogP contribution in [0.3, 0.4) is 0 Å². The zero-order valence-electron chi connectivity index (χ0n) is 14.5. The number of aromatic nitrogens is 5. The second-order valence-electron chi connectivity index (χ2n) is 6.92. The molecule has 4 aromatic rings. The molecule has 26 heavy (non-hydrogen) atoms. The molecule has 0 aliphatic carbocycles. The summed E-state index contributed by atoms with van der Waals surface area (Å²) in [6, 6.07) is 8.06. The smallest absolute Gasteiger partial charge is 0.201 e. The molecule has 4 aromatic heterocycles. The minimum atomic E-state index is -0.411. The van der Waals surface area contributed by atoms with Crippen molar-refractivity contribution in [3.8, 4) is 11.3 Å². The third-order valence-electron chi connectivity index (χ3n) is 4.87. The van der Waals surface area contributed by atoms with Crippen molar-refractivity contribution in [3.05, 3.63) is 35.3 Å². The van der Waals surface area contributed by atoms with Crippen molar-refractivity contribution in [2.75, 3.05) is 20.1 Å². The van der Waals surface area contributed by atoms with Gasteiger partial charge in [0.1, 0.15) is 10.3 Å². The quantitative estimate of drug-likeness (QED) is 0.599. The van der Waals surface area contributed by atoms with Gasteiger partial charge in [-0.25, -0.2) is 9.97 Å². The molecular formula is C18H18N6OS. The fourth-order valence-corrected chi connectivity index (χ4v) is 4.59. The van der Waals surface area contributed by atoms with E-state index in [0.717, 1.165) is 45.0 Å². The highest BCUT2D eigenvalue weighted by atomic mass is 32.1. The maximum absolute atomic E-state index is 10.6. The molecule has 5 heterocycles. The molecule has 132 valence electrons. The molecule has 1 N–H and O–H groups in total. The van der Waals surface area contributed by atoms with E-state index in [1.54, 1.807) is 24.6 Å². The van der Waals surface area contributed by atoms with Crippen molar-refractivity contribution in [2.45, 2.75) is 6.10 Å². The van der Waals surface area contributed by atoms with Crippen LogP contribution in [0.5, 0.6) is 0 Å². The molecule has 1 aliphatic heterocycles. The van der Waals surface area contributed by atoms with E-state index in [4.69, 9.17) is 4.98 Å². The maximum Gasteiger partial charge on any atom is 0.201 e. The van der Waals surface area contributed by atoms with Crippen LogP contribution in [-0.4, -0.2) is 55.1 Å². The highest BCUT2D eigenvalue weighted by Crippen LogP contribution is 2.36. The first-order valence-electron chi connectivity index (χ1n) is 8.51. The van der Waals surface area contributed by atoms with Crippen molar-refractivity contribution in [1.29, 1.82) is 0 Å². The van der Waals surface area contributed by atoms with Crippen molar-refractivity contribution >= 4 is 32.7 Å². The van der Waals surface area contributed by atoms with Crippen molar-refractivity contribution < 1.29 is 5.11 Å². The van der Waals surface area contributed by atoms with Crippen LogP contribution in [0.15, 0.2) is 30.5 Å². The normalized spacial score (nSPS) is 17.0. The first kappa shape index (κ1) is 15.8. The summed E-state index contributed by atoms with van der Waals surface area (Å²) >= 11 is 1.57. The molecule has 1 fully saturated rings. The minimum Gasteiger partial charge on any atom is -0.387 e. The lowest BCUT2D eigenvalue weighted by Gasteiger charge is -2.38. The van der Waals surface area contributed by atoms with Gasteiger partial charge in [0.2, 0.25) is 5.65 Å². The van der Waals surface area contributed by atoms with Crippen LogP contribution in [0.1, 0.15) is 11.0 Å². The van der Waals surface area contributed by atoms with Crippen LogP contribution in [-0.2, 0) is 7.05 Å². The van der Waals surface area contributed by atoms with Gasteiger partial charge in [0.05, 0.1) is 11.8 Å². The van der Waals surface area contributed by atoms with Gasteiger partial charge in [-0.15, -0.1) is 16.4 Å². The van der Waals surface area contributed by atoms with E-state index in [2.05, 4.69) is 39.3 Å². The number of hydrogen-bond acceptors (Lipinski definition) is 7. The Morgan fingerprint density at radius 1 is 1.19 bits per heavy atom. The molecule has 1 unspecified atom stereocenters. The largest absolute Gasteiger partial charge is 0.387 e. The van der Waals surface area contributed by atoms with Gasteiger partial charge in [0.15, 0.2) is 0 Å². The number of nitrogens with zero attached hydrogens (tertiary/aromatic N) is 6. The lowest BCUT2D eigenvalue weighted by Crippen LogP contribution is -2.46. The number of rotatable bonds is 3. The van der Waals surface area contributed by atoms with E-state index in [-0.39, 0.29) is 0 Å². The highest BCUT2D eigenvalue weighted by molar-refractivity contribution is 7.18. The van der Waals surface area contributed by atoms with Gasteiger partial charge in [-0.2, -0.15) is 9.90 Å². The van der Waals surface area contributed by atoms with Crippen LogP contribution < -0.4 is 0 Å². The monoisotopic (exact) mass is 366 g/mol. The van der Waals surface area contributed by atoms with E-state index < -0.39 is 6.10 Å². The Bertz CT molecular complexity index is 1110. The molecule has 0 bridgehead atoms. The fourth-order valence-electron chi connectivity index (χ4n) is 3.47. The van der Waals surface area contributed by atoms with Crippen LogP contribution in [0, 0.1) is 5.92 Å². The summed E-state index contributed by atoms with van der Waals surface area (Å²) in [6.07, 6.45) is 1.37. The second kappa shape index (κ2) is 5.80. The predicted octanol–water partition coefficient (Wildman–Crippen LogP) is 2.23. The number of aliphatic hydroxyl groups is 1. The zero-order chi connectivity index (χ0) is 17.8. The number of thiophene rings is 1. The van der Waals surface area contributed by atoms with E-state index in [1.165, 1.54) is 4.80 Å². The van der Waals surface area contributed by atoms with Crippen molar-refractivity contribution in [3.63, 3.8) is 0 Å². The fraction of sp³-hybridized carbons (Fsp3) is 0.333. The molecular weight excluding hydrogens is 348 g/mol. The molecule has 0 radical (unpaired) electrons. The molecule has 1 atom stereocenters. The Morgan fingerprint density at radius 3 is 2.85 bits per heavy atom.